The number of aliphatic hydroxyl groups is 1. The Kier molecular flexibility index (Phi) is 2.97. The minimum atomic E-state index is -0.232. The molecule has 0 unspecified atom stereocenters. The van der Waals surface area contributed by atoms with E-state index in [1.54, 1.807) is 0 Å². The van der Waals surface area contributed by atoms with Gasteiger partial charge in [-0.25, -0.2) is 0 Å². The van der Waals surface area contributed by atoms with Crippen molar-refractivity contribution in [3.8, 4) is 0 Å². The number of nitrogens with two attached hydrogens (primary N) is 1. The van der Waals surface area contributed by atoms with Crippen LogP contribution >= 0.6 is 0 Å². The Bertz CT molecular complexity index is 498. The van der Waals surface area contributed by atoms with Crippen LogP contribution in [0.1, 0.15) is 46.0 Å². The maximum absolute atomic E-state index is 10.4. The molecule has 4 rings (SSSR count). The van der Waals surface area contributed by atoms with Crippen LogP contribution in [0.15, 0.2) is 24.3 Å². The van der Waals surface area contributed by atoms with Gasteiger partial charge in [0.15, 0.2) is 0 Å². The molecule has 0 amide bonds. The average molecular weight is 287 g/mol. The van der Waals surface area contributed by atoms with Crippen molar-refractivity contribution in [1.29, 1.82) is 0 Å². The van der Waals surface area contributed by atoms with Crippen molar-refractivity contribution in [1.82, 2.24) is 0 Å². The molecule has 0 aliphatic heterocycles. The van der Waals surface area contributed by atoms with Crippen LogP contribution in [-0.2, 0) is 0 Å². The van der Waals surface area contributed by atoms with Crippen LogP contribution in [0.3, 0.4) is 0 Å². The highest BCUT2D eigenvalue weighted by molar-refractivity contribution is 5.22. The lowest BCUT2D eigenvalue weighted by molar-refractivity contribution is -0.0872. The Balaban J connectivity index is 1.68. The summed E-state index contributed by atoms with van der Waals surface area (Å²) in [5, 5.41) is 10.4. The summed E-state index contributed by atoms with van der Waals surface area (Å²) in [6.45, 7) is 4.79. The Hall–Kier alpha value is -0.600. The van der Waals surface area contributed by atoms with Gasteiger partial charge in [0.05, 0.1) is 6.10 Å². The second kappa shape index (κ2) is 4.45. The molecule has 0 saturated heterocycles. The first kappa shape index (κ1) is 14.0. The van der Waals surface area contributed by atoms with E-state index in [1.165, 1.54) is 19.3 Å². The van der Waals surface area contributed by atoms with E-state index < -0.39 is 0 Å². The van der Waals surface area contributed by atoms with E-state index in [2.05, 4.69) is 38.2 Å². The van der Waals surface area contributed by atoms with Gasteiger partial charge in [-0.1, -0.05) is 38.2 Å². The molecule has 4 aliphatic carbocycles. The molecule has 0 aromatic heterocycles. The summed E-state index contributed by atoms with van der Waals surface area (Å²) < 4.78 is 0. The molecule has 0 radical (unpaired) electrons. The maximum atomic E-state index is 10.4. The van der Waals surface area contributed by atoms with Gasteiger partial charge in [-0.15, -0.1) is 0 Å². The van der Waals surface area contributed by atoms with E-state index in [1.807, 2.05) is 0 Å². The van der Waals surface area contributed by atoms with Gasteiger partial charge in [-0.2, -0.15) is 0 Å². The summed E-state index contributed by atoms with van der Waals surface area (Å²) in [4.78, 5) is 0. The Morgan fingerprint density at radius 3 is 2.71 bits per heavy atom. The van der Waals surface area contributed by atoms with Gasteiger partial charge in [0.2, 0.25) is 0 Å². The molecule has 2 nitrogen and oxygen atoms in total. The minimum absolute atomic E-state index is 0.0964. The van der Waals surface area contributed by atoms with Crippen molar-refractivity contribution < 1.29 is 5.11 Å². The maximum Gasteiger partial charge on any atom is 0.0780 e. The summed E-state index contributed by atoms with van der Waals surface area (Å²) >= 11 is 0. The van der Waals surface area contributed by atoms with Gasteiger partial charge in [0, 0.05) is 11.5 Å². The zero-order chi connectivity index (χ0) is 14.8. The third kappa shape index (κ3) is 1.78. The summed E-state index contributed by atoms with van der Waals surface area (Å²) in [6, 6.07) is 0.265. The highest BCUT2D eigenvalue weighted by Crippen LogP contribution is 2.63. The fourth-order valence-corrected chi connectivity index (χ4v) is 6.27. The molecular weight excluding hydrogens is 258 g/mol. The molecule has 0 spiro atoms. The van der Waals surface area contributed by atoms with Crippen LogP contribution in [0.2, 0.25) is 0 Å². The molecule has 0 bridgehead atoms. The van der Waals surface area contributed by atoms with Gasteiger partial charge in [0.25, 0.3) is 0 Å². The van der Waals surface area contributed by atoms with Crippen molar-refractivity contribution in [3.63, 3.8) is 0 Å². The molecule has 21 heavy (non-hydrogen) atoms. The molecule has 0 heterocycles. The van der Waals surface area contributed by atoms with E-state index >= 15 is 0 Å². The third-order valence-corrected chi connectivity index (χ3v) is 7.70. The van der Waals surface area contributed by atoms with Gasteiger partial charge in [-0.05, 0) is 61.2 Å². The lowest BCUT2D eigenvalue weighted by atomic mass is 9.46. The third-order valence-electron chi connectivity index (χ3n) is 7.70. The number of rotatable bonds is 0. The molecule has 0 aromatic rings. The fraction of sp³-hybridized carbons (Fsp3) is 0.789. The van der Waals surface area contributed by atoms with Crippen LogP contribution in [0, 0.1) is 34.5 Å². The van der Waals surface area contributed by atoms with Gasteiger partial charge < -0.3 is 10.8 Å². The van der Waals surface area contributed by atoms with E-state index in [0.29, 0.717) is 11.3 Å². The molecule has 2 heteroatoms. The van der Waals surface area contributed by atoms with Crippen LogP contribution in [0.5, 0.6) is 0 Å². The van der Waals surface area contributed by atoms with Crippen LogP contribution < -0.4 is 5.73 Å². The normalized spacial score (nSPS) is 58.5. The fourth-order valence-electron chi connectivity index (χ4n) is 6.27. The lowest BCUT2D eigenvalue weighted by Gasteiger charge is -2.59. The standard InChI is InChI=1S/C19H29NO/c1-18-9-7-13(20)11-12(18)3-4-14-15-5-6-17(21)19(15,2)10-8-16(14)18/h5-7,9,12-17,21H,3-4,8,10-11,20H2,1-2H3/t12-,13+,14+,15+,16+,17+,18+,19+/m1/s1. The molecule has 2 fully saturated rings. The topological polar surface area (TPSA) is 46.2 Å². The monoisotopic (exact) mass is 287 g/mol. The Morgan fingerprint density at radius 1 is 1.10 bits per heavy atom. The summed E-state index contributed by atoms with van der Waals surface area (Å²) in [5.74, 6) is 2.86. The van der Waals surface area contributed by atoms with Crippen molar-refractivity contribution in [2.24, 2.45) is 40.2 Å². The van der Waals surface area contributed by atoms with Gasteiger partial charge in [0.1, 0.15) is 0 Å². The molecule has 8 atom stereocenters. The molecule has 2 saturated carbocycles. The Morgan fingerprint density at radius 2 is 1.90 bits per heavy atom. The molecule has 0 aromatic carbocycles. The quantitative estimate of drug-likeness (QED) is 0.672. The molecular formula is C19H29NO. The second-order valence-corrected chi connectivity index (χ2v) is 8.57. The smallest absolute Gasteiger partial charge is 0.0780 e. The highest BCUT2D eigenvalue weighted by Gasteiger charge is 2.57. The lowest BCUT2D eigenvalue weighted by Crippen LogP contribution is -2.53. The zero-order valence-corrected chi connectivity index (χ0v) is 13.3. The molecule has 4 aliphatic rings. The number of hydrogen-bond donors (Lipinski definition) is 2. The SMILES string of the molecule is C[C@]12C=C[C@H](N)C[C@H]1CC[C@@H]1[C@@H]2CC[C@]2(C)[C@@H](O)C=C[C@@H]12. The van der Waals surface area contributed by atoms with Gasteiger partial charge in [-0.3, -0.25) is 0 Å². The van der Waals surface area contributed by atoms with E-state index in [-0.39, 0.29) is 17.6 Å². The van der Waals surface area contributed by atoms with Crippen molar-refractivity contribution in [3.05, 3.63) is 24.3 Å². The Labute approximate surface area is 128 Å². The first-order valence-electron chi connectivity index (χ1n) is 8.76. The highest BCUT2D eigenvalue weighted by atomic mass is 16.3. The second-order valence-electron chi connectivity index (χ2n) is 8.57. The number of fused-ring (bicyclic) bond motifs is 5. The zero-order valence-electron chi connectivity index (χ0n) is 13.3. The first-order valence-corrected chi connectivity index (χ1v) is 8.76. The van der Waals surface area contributed by atoms with Gasteiger partial charge >= 0.3 is 0 Å². The predicted octanol–water partition coefficient (Wildman–Crippen LogP) is 3.27. The van der Waals surface area contributed by atoms with Crippen LogP contribution in [0.25, 0.3) is 0 Å². The summed E-state index contributed by atoms with van der Waals surface area (Å²) in [6.07, 6.45) is 15.1. The largest absolute Gasteiger partial charge is 0.388 e. The number of hydrogen-bond acceptors (Lipinski definition) is 2. The minimum Gasteiger partial charge on any atom is -0.388 e. The first-order chi connectivity index (χ1) is 9.95. The predicted molar refractivity (Wildman–Crippen MR) is 85.5 cm³/mol. The molecule has 116 valence electrons. The number of allylic oxidation sites excluding steroid dienone is 2. The van der Waals surface area contributed by atoms with Crippen molar-refractivity contribution in [2.75, 3.05) is 0 Å². The van der Waals surface area contributed by atoms with Crippen molar-refractivity contribution >= 4 is 0 Å². The van der Waals surface area contributed by atoms with Crippen LogP contribution in [0.4, 0.5) is 0 Å². The molecule has 3 N–H and O–H groups in total. The van der Waals surface area contributed by atoms with E-state index in [9.17, 15) is 5.11 Å². The summed E-state index contributed by atoms with van der Waals surface area (Å²) in [5.41, 5.74) is 6.59. The van der Waals surface area contributed by atoms with E-state index in [0.717, 1.165) is 30.6 Å². The number of aliphatic hydroxyl groups excluding tert-OH is 1. The summed E-state index contributed by atoms with van der Waals surface area (Å²) in [7, 11) is 0. The van der Waals surface area contributed by atoms with E-state index in [4.69, 9.17) is 5.73 Å². The van der Waals surface area contributed by atoms with Crippen molar-refractivity contribution in [2.45, 2.75) is 58.1 Å². The average Bonchev–Trinajstić information content (AvgIpc) is 2.76. The van der Waals surface area contributed by atoms with Crippen LogP contribution in [-0.4, -0.2) is 17.3 Å².